The predicted molar refractivity (Wildman–Crippen MR) is 266 cm³/mol. The van der Waals surface area contributed by atoms with Gasteiger partial charge in [-0.05, 0) is 129 Å². The maximum atomic E-state index is 6.82. The molecule has 296 valence electrons. The number of benzene rings is 10. The molecule has 0 aliphatic heterocycles. The Hall–Kier alpha value is -8.14. The fourth-order valence-electron chi connectivity index (χ4n) is 10.2. The van der Waals surface area contributed by atoms with Crippen molar-refractivity contribution in [2.75, 3.05) is 4.90 Å². The Morgan fingerprint density at radius 2 is 1.10 bits per heavy atom. The van der Waals surface area contributed by atoms with Crippen LogP contribution >= 0.6 is 0 Å². The molecule has 0 bridgehead atoms. The minimum atomic E-state index is 0.889. The average molecular weight is 805 g/mol. The lowest BCUT2D eigenvalue weighted by Gasteiger charge is -2.28. The number of nitrogens with zero attached hydrogens (tertiary/aromatic N) is 2. The molecule has 3 nitrogen and oxygen atoms in total. The summed E-state index contributed by atoms with van der Waals surface area (Å²) in [6.07, 6.45) is 6.82. The van der Waals surface area contributed by atoms with E-state index in [-0.39, 0.29) is 0 Å². The van der Waals surface area contributed by atoms with Gasteiger partial charge in [0.05, 0.1) is 16.7 Å². The zero-order valence-electron chi connectivity index (χ0n) is 34.5. The van der Waals surface area contributed by atoms with E-state index in [4.69, 9.17) is 4.42 Å². The Balaban J connectivity index is 0.964. The predicted octanol–water partition coefficient (Wildman–Crippen LogP) is 16.8. The van der Waals surface area contributed by atoms with Crippen LogP contribution in [-0.4, -0.2) is 4.57 Å². The SMILES string of the molecule is C1=Cc2c(ccc3cc(-c4ccc(N(c5ccc(-n6c7ccccc7c7ccccc76)cc5)c5ccccc5-c5cccc6c5oc5cc7ccccc7cc56)cc4)ccc23)CC1. The molecule has 0 N–H and O–H groups in total. The highest BCUT2D eigenvalue weighted by atomic mass is 16.3. The van der Waals surface area contributed by atoms with E-state index in [9.17, 15) is 0 Å². The third-order valence-corrected chi connectivity index (χ3v) is 13.2. The topological polar surface area (TPSA) is 21.3 Å². The Kier molecular flexibility index (Phi) is 8.04. The van der Waals surface area contributed by atoms with Gasteiger partial charge in [0.15, 0.2) is 0 Å². The smallest absolute Gasteiger partial charge is 0.143 e. The number of furan rings is 1. The van der Waals surface area contributed by atoms with Gasteiger partial charge in [-0.15, -0.1) is 0 Å². The summed E-state index contributed by atoms with van der Waals surface area (Å²) in [4.78, 5) is 2.39. The number of hydrogen-bond donors (Lipinski definition) is 0. The molecule has 13 rings (SSSR count). The van der Waals surface area contributed by atoms with Crippen LogP contribution in [0.3, 0.4) is 0 Å². The fourth-order valence-corrected chi connectivity index (χ4v) is 10.2. The first kappa shape index (κ1) is 35.6. The number of hydrogen-bond acceptors (Lipinski definition) is 2. The lowest BCUT2D eigenvalue weighted by Crippen LogP contribution is -2.11. The summed E-state index contributed by atoms with van der Waals surface area (Å²) in [7, 11) is 0. The number of fused-ring (bicyclic) bond motifs is 10. The maximum Gasteiger partial charge on any atom is 0.143 e. The number of aryl methyl sites for hydroxylation is 1. The van der Waals surface area contributed by atoms with Crippen molar-refractivity contribution in [3.63, 3.8) is 0 Å². The Morgan fingerprint density at radius 3 is 1.89 bits per heavy atom. The first-order chi connectivity index (χ1) is 31.2. The molecule has 0 radical (unpaired) electrons. The molecule has 0 spiro atoms. The van der Waals surface area contributed by atoms with Crippen molar-refractivity contribution in [1.82, 2.24) is 4.57 Å². The first-order valence-corrected chi connectivity index (χ1v) is 21.9. The van der Waals surface area contributed by atoms with Crippen molar-refractivity contribution < 1.29 is 4.42 Å². The van der Waals surface area contributed by atoms with Crippen molar-refractivity contribution in [3.8, 4) is 27.9 Å². The van der Waals surface area contributed by atoms with Crippen LogP contribution in [0.5, 0.6) is 0 Å². The molecule has 1 aliphatic carbocycles. The highest BCUT2D eigenvalue weighted by Gasteiger charge is 2.22. The quantitative estimate of drug-likeness (QED) is 0.167. The van der Waals surface area contributed by atoms with Crippen molar-refractivity contribution in [2.45, 2.75) is 12.8 Å². The third kappa shape index (κ3) is 5.74. The van der Waals surface area contributed by atoms with Crippen LogP contribution in [0.2, 0.25) is 0 Å². The van der Waals surface area contributed by atoms with Gasteiger partial charge >= 0.3 is 0 Å². The molecule has 2 aromatic heterocycles. The largest absolute Gasteiger partial charge is 0.455 e. The Morgan fingerprint density at radius 1 is 0.444 bits per heavy atom. The highest BCUT2D eigenvalue weighted by Crippen LogP contribution is 2.45. The van der Waals surface area contributed by atoms with Crippen LogP contribution in [0, 0.1) is 0 Å². The van der Waals surface area contributed by atoms with Crippen LogP contribution in [-0.2, 0) is 6.42 Å². The van der Waals surface area contributed by atoms with Crippen LogP contribution in [0.4, 0.5) is 17.1 Å². The monoisotopic (exact) mass is 804 g/mol. The zero-order valence-corrected chi connectivity index (χ0v) is 34.5. The standard InChI is InChI=1S/C60H40N2O/c1-2-14-42-38-59-55(37-41(42)13-1)54-20-11-19-53(60(54)63-59)52-18-7-8-21-56(52)61(46-31-33-47(34-32-46)62-57-22-9-5-16-50(57)51-17-6-10-23-58(51)62)45-29-26-39(27-30-45)43-28-35-49-44(36-43)25-24-40-12-3-4-15-48(40)49/h1-2,4-11,13-38H,3,12H2. The Bertz CT molecular complexity index is 3740. The van der Waals surface area contributed by atoms with Gasteiger partial charge in [-0.25, -0.2) is 0 Å². The second kappa shape index (κ2) is 14.2. The van der Waals surface area contributed by atoms with Crippen molar-refractivity contribution in [1.29, 1.82) is 0 Å². The normalized spacial score (nSPS) is 12.6. The van der Waals surface area contributed by atoms with E-state index in [0.717, 1.165) is 68.7 Å². The summed E-state index contributed by atoms with van der Waals surface area (Å²) >= 11 is 0. The van der Waals surface area contributed by atoms with E-state index >= 15 is 0 Å². The van der Waals surface area contributed by atoms with Gasteiger partial charge in [-0.1, -0.05) is 146 Å². The molecule has 10 aromatic carbocycles. The molecule has 0 atom stereocenters. The summed E-state index contributed by atoms with van der Waals surface area (Å²) in [5, 5.41) is 9.72. The molecule has 0 amide bonds. The molecular weight excluding hydrogens is 765 g/mol. The maximum absolute atomic E-state index is 6.82. The average Bonchev–Trinajstić information content (AvgIpc) is 3.89. The van der Waals surface area contributed by atoms with Crippen LogP contribution in [0.15, 0.2) is 217 Å². The molecule has 0 unspecified atom stereocenters. The third-order valence-electron chi connectivity index (χ3n) is 13.2. The van der Waals surface area contributed by atoms with E-state index < -0.39 is 0 Å². The molecule has 0 saturated heterocycles. The summed E-state index contributed by atoms with van der Waals surface area (Å²) in [5.74, 6) is 0. The molecule has 3 heteroatoms. The van der Waals surface area contributed by atoms with E-state index in [1.165, 1.54) is 65.6 Å². The number of anilines is 3. The van der Waals surface area contributed by atoms with Crippen LogP contribution in [0.1, 0.15) is 17.5 Å². The van der Waals surface area contributed by atoms with Crippen molar-refractivity contribution >= 4 is 88.4 Å². The number of rotatable bonds is 6. The molecule has 63 heavy (non-hydrogen) atoms. The van der Waals surface area contributed by atoms with Crippen LogP contribution in [0.25, 0.3) is 99.3 Å². The van der Waals surface area contributed by atoms with Crippen molar-refractivity contribution in [3.05, 3.63) is 223 Å². The lowest BCUT2D eigenvalue weighted by molar-refractivity contribution is 0.670. The lowest BCUT2D eigenvalue weighted by atomic mass is 9.91. The fraction of sp³-hybridized carbons (Fsp3) is 0.0333. The molecule has 12 aromatic rings. The molecule has 0 saturated carbocycles. The summed E-state index contributed by atoms with van der Waals surface area (Å²) in [6.45, 7) is 0. The van der Waals surface area contributed by atoms with Crippen molar-refractivity contribution in [2.24, 2.45) is 0 Å². The van der Waals surface area contributed by atoms with Gasteiger partial charge in [-0.2, -0.15) is 0 Å². The molecule has 1 aliphatic rings. The molecular formula is C60H40N2O. The van der Waals surface area contributed by atoms with Gasteiger partial charge in [0, 0.05) is 49.7 Å². The first-order valence-electron chi connectivity index (χ1n) is 21.9. The highest BCUT2D eigenvalue weighted by molar-refractivity contribution is 6.14. The molecule has 0 fully saturated rings. The van der Waals surface area contributed by atoms with Gasteiger partial charge in [0.2, 0.25) is 0 Å². The number of aromatic nitrogens is 1. The summed E-state index contributed by atoms with van der Waals surface area (Å²) < 4.78 is 9.20. The van der Waals surface area contributed by atoms with E-state index in [0.29, 0.717) is 0 Å². The number of allylic oxidation sites excluding steroid dienone is 1. The van der Waals surface area contributed by atoms with Crippen LogP contribution < -0.4 is 4.90 Å². The Labute approximate surface area is 365 Å². The minimum Gasteiger partial charge on any atom is -0.455 e. The van der Waals surface area contributed by atoms with E-state index in [1.54, 1.807) is 0 Å². The second-order valence-corrected chi connectivity index (χ2v) is 16.8. The summed E-state index contributed by atoms with van der Waals surface area (Å²) in [5.41, 5.74) is 15.8. The second-order valence-electron chi connectivity index (χ2n) is 16.8. The summed E-state index contributed by atoms with van der Waals surface area (Å²) in [6, 6.07) is 75.2. The zero-order chi connectivity index (χ0) is 41.4. The van der Waals surface area contributed by atoms with Gasteiger partial charge < -0.3 is 13.9 Å². The molecule has 2 heterocycles. The van der Waals surface area contributed by atoms with Gasteiger partial charge in [0.1, 0.15) is 11.2 Å². The van der Waals surface area contributed by atoms with E-state index in [2.05, 4.69) is 228 Å². The number of para-hydroxylation sites is 4. The van der Waals surface area contributed by atoms with E-state index in [1.807, 2.05) is 0 Å². The minimum absolute atomic E-state index is 0.889. The van der Waals surface area contributed by atoms with Gasteiger partial charge in [0.25, 0.3) is 0 Å². The van der Waals surface area contributed by atoms with Gasteiger partial charge in [-0.3, -0.25) is 0 Å².